The van der Waals surface area contributed by atoms with E-state index in [1.165, 1.54) is 30.3 Å². The SMILES string of the molecule is O=C(N/N=C\c1ccc(O)c([N+](=O)[O-])c1)c1ccc([N+](=O)[O-])cc1. The molecule has 0 fully saturated rings. The van der Waals surface area contributed by atoms with Crippen LogP contribution >= 0.6 is 0 Å². The molecule has 0 aliphatic heterocycles. The average Bonchev–Trinajstić information content (AvgIpc) is 2.56. The summed E-state index contributed by atoms with van der Waals surface area (Å²) in [5, 5.41) is 34.2. The molecule has 10 nitrogen and oxygen atoms in total. The Morgan fingerprint density at radius 1 is 1.08 bits per heavy atom. The second-order valence-electron chi connectivity index (χ2n) is 4.51. The maximum absolute atomic E-state index is 11.8. The highest BCUT2D eigenvalue weighted by Crippen LogP contribution is 2.25. The van der Waals surface area contributed by atoms with Crippen molar-refractivity contribution in [2.75, 3.05) is 0 Å². The average molecular weight is 330 g/mol. The fourth-order valence-electron chi connectivity index (χ4n) is 1.73. The van der Waals surface area contributed by atoms with Crippen molar-refractivity contribution in [2.24, 2.45) is 5.10 Å². The Hall–Kier alpha value is -3.82. The van der Waals surface area contributed by atoms with Gasteiger partial charge in [0.05, 0.1) is 16.1 Å². The van der Waals surface area contributed by atoms with Crippen molar-refractivity contribution in [1.29, 1.82) is 0 Å². The van der Waals surface area contributed by atoms with Gasteiger partial charge in [-0.2, -0.15) is 5.10 Å². The second kappa shape index (κ2) is 6.96. The van der Waals surface area contributed by atoms with E-state index in [2.05, 4.69) is 10.5 Å². The predicted octanol–water partition coefficient (Wildman–Crippen LogP) is 1.97. The summed E-state index contributed by atoms with van der Waals surface area (Å²) < 4.78 is 0. The standard InChI is InChI=1S/C14H10N4O6/c19-13-6-1-9(7-12(13)18(23)24)8-15-16-14(20)10-2-4-11(5-3-10)17(21)22/h1-8,19H,(H,16,20)/b15-8-. The number of carbonyl (C=O) groups excluding carboxylic acids is 1. The molecule has 2 aromatic carbocycles. The van der Waals surface area contributed by atoms with E-state index in [-0.39, 0.29) is 11.3 Å². The number of carbonyl (C=O) groups is 1. The summed E-state index contributed by atoms with van der Waals surface area (Å²) in [6, 6.07) is 8.52. The van der Waals surface area contributed by atoms with Crippen molar-refractivity contribution in [3.05, 3.63) is 73.8 Å². The summed E-state index contributed by atoms with van der Waals surface area (Å²) >= 11 is 0. The summed E-state index contributed by atoms with van der Waals surface area (Å²) in [6.45, 7) is 0. The first-order valence-corrected chi connectivity index (χ1v) is 6.44. The lowest BCUT2D eigenvalue weighted by Crippen LogP contribution is -2.17. The van der Waals surface area contributed by atoms with Gasteiger partial charge in [0.25, 0.3) is 11.6 Å². The van der Waals surface area contributed by atoms with Gasteiger partial charge in [-0.15, -0.1) is 0 Å². The number of nitrogens with one attached hydrogen (secondary N) is 1. The maximum Gasteiger partial charge on any atom is 0.311 e. The minimum absolute atomic E-state index is 0.147. The topological polar surface area (TPSA) is 148 Å². The molecule has 0 bridgehead atoms. The van der Waals surface area contributed by atoms with Crippen LogP contribution in [0.2, 0.25) is 0 Å². The largest absolute Gasteiger partial charge is 0.502 e. The van der Waals surface area contributed by atoms with Crippen LogP contribution in [0.1, 0.15) is 15.9 Å². The Morgan fingerprint density at radius 3 is 2.33 bits per heavy atom. The Kier molecular flexibility index (Phi) is 4.80. The van der Waals surface area contributed by atoms with E-state index in [4.69, 9.17) is 0 Å². The lowest BCUT2D eigenvalue weighted by molar-refractivity contribution is -0.385. The van der Waals surface area contributed by atoms with Crippen LogP contribution in [-0.2, 0) is 0 Å². The lowest BCUT2D eigenvalue weighted by Gasteiger charge is -2.00. The van der Waals surface area contributed by atoms with Crippen LogP contribution in [-0.4, -0.2) is 27.1 Å². The van der Waals surface area contributed by atoms with Crippen LogP contribution in [0, 0.1) is 20.2 Å². The molecular formula is C14H10N4O6. The molecule has 0 saturated carbocycles. The minimum atomic E-state index is -0.748. The molecule has 2 aromatic rings. The summed E-state index contributed by atoms with van der Waals surface area (Å²) in [7, 11) is 0. The third-order valence-electron chi connectivity index (χ3n) is 2.92. The smallest absolute Gasteiger partial charge is 0.311 e. The number of rotatable bonds is 5. The Morgan fingerprint density at radius 2 is 1.75 bits per heavy atom. The maximum atomic E-state index is 11.8. The Labute approximate surface area is 134 Å². The number of hydrogen-bond donors (Lipinski definition) is 2. The number of hydrazone groups is 1. The molecule has 2 rings (SSSR count). The van der Waals surface area contributed by atoms with Gasteiger partial charge in [-0.3, -0.25) is 25.0 Å². The molecule has 10 heteroatoms. The van der Waals surface area contributed by atoms with E-state index in [9.17, 15) is 30.1 Å². The number of amides is 1. The molecule has 0 atom stereocenters. The number of benzene rings is 2. The van der Waals surface area contributed by atoms with Crippen molar-refractivity contribution in [3.8, 4) is 5.75 Å². The van der Waals surface area contributed by atoms with Crippen LogP contribution in [0.25, 0.3) is 0 Å². The molecule has 0 radical (unpaired) electrons. The molecule has 0 saturated heterocycles. The third kappa shape index (κ3) is 3.88. The van der Waals surface area contributed by atoms with Crippen molar-refractivity contribution in [3.63, 3.8) is 0 Å². The molecule has 122 valence electrons. The summed E-state index contributed by atoms with van der Waals surface area (Å²) in [6.07, 6.45) is 1.16. The molecule has 0 unspecified atom stereocenters. The number of hydrogen-bond acceptors (Lipinski definition) is 7. The minimum Gasteiger partial charge on any atom is -0.502 e. The second-order valence-corrected chi connectivity index (χ2v) is 4.51. The third-order valence-corrected chi connectivity index (χ3v) is 2.92. The molecule has 0 spiro atoms. The highest BCUT2D eigenvalue weighted by Gasteiger charge is 2.13. The van der Waals surface area contributed by atoms with Gasteiger partial charge in [-0.05, 0) is 24.3 Å². The normalized spacial score (nSPS) is 10.5. The highest BCUT2D eigenvalue weighted by molar-refractivity contribution is 5.95. The zero-order chi connectivity index (χ0) is 17.7. The monoisotopic (exact) mass is 330 g/mol. The number of non-ortho nitro benzene ring substituents is 1. The number of nitro benzene ring substituents is 2. The van der Waals surface area contributed by atoms with Crippen LogP contribution in [0.15, 0.2) is 47.6 Å². The zero-order valence-electron chi connectivity index (χ0n) is 11.9. The van der Waals surface area contributed by atoms with Gasteiger partial charge in [-0.1, -0.05) is 0 Å². The summed E-state index contributed by atoms with van der Waals surface area (Å²) in [5.74, 6) is -1.08. The van der Waals surface area contributed by atoms with Gasteiger partial charge in [0.2, 0.25) is 0 Å². The molecule has 0 aliphatic rings. The summed E-state index contributed by atoms with van der Waals surface area (Å²) in [4.78, 5) is 31.7. The first kappa shape index (κ1) is 16.5. The van der Waals surface area contributed by atoms with Gasteiger partial charge < -0.3 is 5.11 Å². The molecule has 0 aromatic heterocycles. The van der Waals surface area contributed by atoms with Gasteiger partial charge >= 0.3 is 5.69 Å². The predicted molar refractivity (Wildman–Crippen MR) is 82.9 cm³/mol. The quantitative estimate of drug-likeness (QED) is 0.486. The van der Waals surface area contributed by atoms with E-state index in [0.29, 0.717) is 5.56 Å². The van der Waals surface area contributed by atoms with Crippen molar-refractivity contribution in [2.45, 2.75) is 0 Å². The first-order valence-electron chi connectivity index (χ1n) is 6.44. The zero-order valence-corrected chi connectivity index (χ0v) is 11.9. The number of aromatic hydroxyl groups is 1. The van der Waals surface area contributed by atoms with Crippen LogP contribution in [0.4, 0.5) is 11.4 Å². The number of phenols is 1. The van der Waals surface area contributed by atoms with E-state index in [1.807, 2.05) is 0 Å². The molecule has 24 heavy (non-hydrogen) atoms. The lowest BCUT2D eigenvalue weighted by atomic mass is 10.2. The van der Waals surface area contributed by atoms with E-state index >= 15 is 0 Å². The van der Waals surface area contributed by atoms with Crippen LogP contribution in [0.5, 0.6) is 5.75 Å². The van der Waals surface area contributed by atoms with Crippen molar-refractivity contribution < 1.29 is 19.7 Å². The number of phenolic OH excluding ortho intramolecular Hbond substituents is 1. The van der Waals surface area contributed by atoms with Gasteiger partial charge in [0, 0.05) is 29.3 Å². The molecule has 0 heterocycles. The molecular weight excluding hydrogens is 320 g/mol. The van der Waals surface area contributed by atoms with E-state index < -0.39 is 27.2 Å². The van der Waals surface area contributed by atoms with E-state index in [0.717, 1.165) is 18.3 Å². The number of nitro groups is 2. The first-order chi connectivity index (χ1) is 11.4. The fraction of sp³-hybridized carbons (Fsp3) is 0. The number of nitrogens with zero attached hydrogens (tertiary/aromatic N) is 3. The van der Waals surface area contributed by atoms with Crippen molar-refractivity contribution in [1.82, 2.24) is 5.43 Å². The molecule has 1 amide bonds. The fourth-order valence-corrected chi connectivity index (χ4v) is 1.73. The van der Waals surface area contributed by atoms with Gasteiger partial charge in [-0.25, -0.2) is 5.43 Å². The Bertz CT molecular complexity index is 832. The van der Waals surface area contributed by atoms with Gasteiger partial charge in [0.15, 0.2) is 5.75 Å². The molecule has 2 N–H and O–H groups in total. The molecule has 0 aliphatic carbocycles. The van der Waals surface area contributed by atoms with Crippen LogP contribution in [0.3, 0.4) is 0 Å². The Balaban J connectivity index is 2.05. The van der Waals surface area contributed by atoms with E-state index in [1.54, 1.807) is 0 Å². The summed E-state index contributed by atoms with van der Waals surface area (Å²) in [5.41, 5.74) is 2.01. The highest BCUT2D eigenvalue weighted by atomic mass is 16.6. The van der Waals surface area contributed by atoms with Gasteiger partial charge in [0.1, 0.15) is 0 Å². The van der Waals surface area contributed by atoms with Crippen LogP contribution < -0.4 is 5.43 Å². The van der Waals surface area contributed by atoms with Crippen molar-refractivity contribution >= 4 is 23.5 Å².